The number of rotatable bonds is 4. The molecule has 0 saturated carbocycles. The van der Waals surface area contributed by atoms with E-state index in [2.05, 4.69) is 0 Å². The maximum Gasteiger partial charge on any atom is 0.267 e. The van der Waals surface area contributed by atoms with E-state index in [1.165, 1.54) is 5.54 Å². The summed E-state index contributed by atoms with van der Waals surface area (Å²) in [6.07, 6.45) is 0. The Morgan fingerprint density at radius 3 is 1.22 bits per heavy atom. The molecule has 0 aliphatic carbocycles. The van der Waals surface area contributed by atoms with E-state index in [-0.39, 0.29) is 0 Å². The average Bonchev–Trinajstić information content (AvgIpc) is 2.65. The molecule has 0 aromatic heterocycles. The molecule has 114 valence electrons. The summed E-state index contributed by atoms with van der Waals surface area (Å²) in [6.45, 7) is 0. The van der Waals surface area contributed by atoms with E-state index in [1.54, 1.807) is 0 Å². The van der Waals surface area contributed by atoms with Gasteiger partial charge in [0.2, 0.25) is 0 Å². The molecule has 0 fully saturated rings. The van der Waals surface area contributed by atoms with Gasteiger partial charge in [-0.3, -0.25) is 4.79 Å². The number of carbonyl (C=O) groups is 1. The van der Waals surface area contributed by atoms with Crippen molar-refractivity contribution in [1.82, 2.24) is 5.54 Å². The Bertz CT molecular complexity index is 676. The number of nitrogens with one attached hydrogen (secondary N) is 1. The lowest BCUT2D eigenvalue weighted by molar-refractivity contribution is -0.128. The Balaban J connectivity index is 2.38. The number of amides is 1. The highest BCUT2D eigenvalue weighted by Gasteiger charge is 2.43. The molecule has 0 radical (unpaired) electrons. The Labute approximate surface area is 134 Å². The van der Waals surface area contributed by atoms with Crippen molar-refractivity contribution in [3.8, 4) is 0 Å². The van der Waals surface area contributed by atoms with Gasteiger partial charge < -0.3 is 0 Å². The summed E-state index contributed by atoms with van der Waals surface area (Å²) in [5.74, 6) is -0.707. The third kappa shape index (κ3) is 2.50. The van der Waals surface area contributed by atoms with E-state index in [9.17, 15) is 9.28 Å². The first-order valence-electron chi connectivity index (χ1n) is 7.38. The normalized spacial score (nSPS) is 11.0. The van der Waals surface area contributed by atoms with Crippen LogP contribution in [0.5, 0.6) is 0 Å². The SMILES string of the molecule is O=C(NF)C(c1ccccc1)(c1ccccc1)c1ccccc1. The summed E-state index contributed by atoms with van der Waals surface area (Å²) in [7, 11) is 0. The fraction of sp³-hybridized carbons (Fsp3) is 0.0500. The molecule has 0 unspecified atom stereocenters. The summed E-state index contributed by atoms with van der Waals surface area (Å²) >= 11 is 0. The highest BCUT2D eigenvalue weighted by molar-refractivity contribution is 5.95. The second-order valence-corrected chi connectivity index (χ2v) is 5.27. The zero-order valence-corrected chi connectivity index (χ0v) is 12.4. The number of benzene rings is 3. The van der Waals surface area contributed by atoms with Crippen molar-refractivity contribution in [2.45, 2.75) is 5.41 Å². The molecule has 23 heavy (non-hydrogen) atoms. The standard InChI is InChI=1S/C20H16FNO/c21-22-19(23)20(16-10-4-1-5-11-16,17-12-6-2-7-13-17)18-14-8-3-9-15-18/h1-15H,(H,22,23). The molecule has 0 atom stereocenters. The lowest BCUT2D eigenvalue weighted by Gasteiger charge is -2.33. The van der Waals surface area contributed by atoms with Gasteiger partial charge >= 0.3 is 0 Å². The monoisotopic (exact) mass is 305 g/mol. The van der Waals surface area contributed by atoms with E-state index < -0.39 is 11.3 Å². The van der Waals surface area contributed by atoms with Gasteiger partial charge in [-0.2, -0.15) is 5.54 Å². The quantitative estimate of drug-likeness (QED) is 0.572. The molecule has 0 spiro atoms. The van der Waals surface area contributed by atoms with E-state index in [4.69, 9.17) is 0 Å². The molecule has 3 rings (SSSR count). The third-order valence-corrected chi connectivity index (χ3v) is 4.05. The molecule has 3 aromatic rings. The molecule has 0 bridgehead atoms. The van der Waals surface area contributed by atoms with Crippen molar-refractivity contribution in [2.24, 2.45) is 0 Å². The number of halogens is 1. The molecular formula is C20H16FNO. The third-order valence-electron chi connectivity index (χ3n) is 4.05. The van der Waals surface area contributed by atoms with Gasteiger partial charge in [-0.1, -0.05) is 91.0 Å². The predicted molar refractivity (Wildman–Crippen MR) is 88.5 cm³/mol. The van der Waals surface area contributed by atoms with Gasteiger partial charge in [0, 0.05) is 0 Å². The van der Waals surface area contributed by atoms with Gasteiger partial charge in [-0.05, 0) is 16.7 Å². The van der Waals surface area contributed by atoms with Crippen LogP contribution >= 0.6 is 0 Å². The topological polar surface area (TPSA) is 29.1 Å². The first-order valence-corrected chi connectivity index (χ1v) is 7.38. The first-order chi connectivity index (χ1) is 11.3. The lowest BCUT2D eigenvalue weighted by atomic mass is 9.69. The van der Waals surface area contributed by atoms with Crippen molar-refractivity contribution in [3.63, 3.8) is 0 Å². The predicted octanol–water partition coefficient (Wildman–Crippen LogP) is 4.02. The van der Waals surface area contributed by atoms with Crippen molar-refractivity contribution in [1.29, 1.82) is 0 Å². The van der Waals surface area contributed by atoms with Gasteiger partial charge in [0.15, 0.2) is 0 Å². The molecule has 0 aliphatic heterocycles. The van der Waals surface area contributed by atoms with Crippen molar-refractivity contribution >= 4 is 5.91 Å². The van der Waals surface area contributed by atoms with Gasteiger partial charge in [0.25, 0.3) is 5.91 Å². The van der Waals surface area contributed by atoms with Gasteiger partial charge in [-0.25, -0.2) is 0 Å². The van der Waals surface area contributed by atoms with E-state index in [1.807, 2.05) is 91.0 Å². The minimum absolute atomic E-state index is 0.707. The second kappa shape index (κ2) is 6.44. The smallest absolute Gasteiger partial charge is 0.267 e. The van der Waals surface area contributed by atoms with Crippen LogP contribution in [0, 0.1) is 0 Å². The van der Waals surface area contributed by atoms with Gasteiger partial charge in [0.1, 0.15) is 5.41 Å². The largest absolute Gasteiger partial charge is 0.271 e. The maximum absolute atomic E-state index is 13.3. The molecule has 2 nitrogen and oxygen atoms in total. The van der Waals surface area contributed by atoms with Crippen molar-refractivity contribution in [2.75, 3.05) is 0 Å². The number of hydrogen-bond donors (Lipinski definition) is 1. The highest BCUT2D eigenvalue weighted by Crippen LogP contribution is 2.39. The Morgan fingerprint density at radius 2 is 0.957 bits per heavy atom. The zero-order valence-electron chi connectivity index (χ0n) is 12.4. The highest BCUT2D eigenvalue weighted by atomic mass is 19.2. The van der Waals surface area contributed by atoms with Crippen LogP contribution in [0.25, 0.3) is 0 Å². The van der Waals surface area contributed by atoms with E-state index in [0.29, 0.717) is 16.7 Å². The maximum atomic E-state index is 13.3. The van der Waals surface area contributed by atoms with Crippen molar-refractivity contribution < 1.29 is 9.28 Å². The van der Waals surface area contributed by atoms with Crippen LogP contribution in [0.3, 0.4) is 0 Å². The molecule has 0 saturated heterocycles. The fourth-order valence-electron chi connectivity index (χ4n) is 3.03. The molecule has 0 aliphatic rings. The molecular weight excluding hydrogens is 289 g/mol. The van der Waals surface area contributed by atoms with Crippen LogP contribution in [0.2, 0.25) is 0 Å². The Hall–Kier alpha value is -2.94. The second-order valence-electron chi connectivity index (χ2n) is 5.27. The Morgan fingerprint density at radius 1 is 0.652 bits per heavy atom. The Kier molecular flexibility index (Phi) is 4.20. The van der Waals surface area contributed by atoms with E-state index >= 15 is 0 Å². The first kappa shape index (κ1) is 15.0. The van der Waals surface area contributed by atoms with Crippen LogP contribution in [0.15, 0.2) is 91.0 Å². The summed E-state index contributed by atoms with van der Waals surface area (Å²) < 4.78 is 13.3. The average molecular weight is 305 g/mol. The van der Waals surface area contributed by atoms with Crippen LogP contribution in [0.1, 0.15) is 16.7 Å². The van der Waals surface area contributed by atoms with Crippen LogP contribution in [0.4, 0.5) is 4.48 Å². The van der Waals surface area contributed by atoms with Gasteiger partial charge in [-0.15, -0.1) is 4.48 Å². The molecule has 1 amide bonds. The molecule has 1 N–H and O–H groups in total. The van der Waals surface area contributed by atoms with Crippen LogP contribution < -0.4 is 5.54 Å². The van der Waals surface area contributed by atoms with Gasteiger partial charge in [0.05, 0.1) is 0 Å². The molecule has 3 aromatic carbocycles. The summed E-state index contributed by atoms with van der Waals surface area (Å²) in [5, 5.41) is 0. The minimum Gasteiger partial charge on any atom is -0.271 e. The van der Waals surface area contributed by atoms with E-state index in [0.717, 1.165) is 0 Å². The summed E-state index contributed by atoms with van der Waals surface area (Å²) in [4.78, 5) is 12.7. The summed E-state index contributed by atoms with van der Waals surface area (Å²) in [5.41, 5.74) is 2.27. The summed E-state index contributed by atoms with van der Waals surface area (Å²) in [6, 6.07) is 27.8. The fourth-order valence-corrected chi connectivity index (χ4v) is 3.03. The number of hydrogen-bond acceptors (Lipinski definition) is 1. The zero-order chi connectivity index (χ0) is 16.1. The van der Waals surface area contributed by atoms with Crippen LogP contribution in [-0.4, -0.2) is 5.91 Å². The lowest BCUT2D eigenvalue weighted by Crippen LogP contribution is -2.43. The molecule has 0 heterocycles. The number of carbonyl (C=O) groups excluding carboxylic acids is 1. The van der Waals surface area contributed by atoms with Crippen LogP contribution in [-0.2, 0) is 10.2 Å². The van der Waals surface area contributed by atoms with Crippen molar-refractivity contribution in [3.05, 3.63) is 108 Å². The molecule has 3 heteroatoms. The minimum atomic E-state index is -1.24.